The van der Waals surface area contributed by atoms with E-state index in [1.807, 2.05) is 6.07 Å². The number of nitrogens with zero attached hydrogens (tertiary/aromatic N) is 2. The van der Waals surface area contributed by atoms with Crippen molar-refractivity contribution in [2.24, 2.45) is 0 Å². The van der Waals surface area contributed by atoms with E-state index in [0.717, 1.165) is 6.07 Å². The third-order valence-corrected chi connectivity index (χ3v) is 5.15. The van der Waals surface area contributed by atoms with Crippen LogP contribution in [0.25, 0.3) is 22.5 Å². The van der Waals surface area contributed by atoms with Gasteiger partial charge in [0.25, 0.3) is 0 Å². The average molecular weight is 417 g/mol. The van der Waals surface area contributed by atoms with Gasteiger partial charge in [0.2, 0.25) is 0 Å². The number of nitriles is 1. The van der Waals surface area contributed by atoms with Crippen molar-refractivity contribution in [3.05, 3.63) is 45.7 Å². The largest absolute Gasteiger partial charge is 0.417 e. The van der Waals surface area contributed by atoms with Gasteiger partial charge in [-0.05, 0) is 24.5 Å². The molecule has 0 radical (unpaired) electrons. The minimum Gasteiger partial charge on any atom is -0.361 e. The Hall–Kier alpha value is -2.08. The maximum absolute atomic E-state index is 13.5. The fourth-order valence-electron chi connectivity index (χ4n) is 2.60. The SMILES string of the molecule is CSc1c(C#N)n[nH]c1-c1c(Cl)cc(C(F)(F)F)c(-c2ccc[nH]2)c1Cl. The highest BCUT2D eigenvalue weighted by molar-refractivity contribution is 7.98. The van der Waals surface area contributed by atoms with Gasteiger partial charge in [0.05, 0.1) is 26.2 Å². The molecule has 0 aliphatic carbocycles. The normalized spacial score (nSPS) is 11.6. The van der Waals surface area contributed by atoms with E-state index in [9.17, 15) is 13.2 Å². The standard InChI is InChI=1S/C16H9Cl2F3N4S/c1-26-15-10(6-22)24-25-14(15)12-8(17)5-7(16(19,20)21)11(13(12)18)9-3-2-4-23-9/h2-5,23H,1H3,(H,24,25). The molecular formula is C16H9Cl2F3N4S. The molecule has 0 atom stereocenters. The van der Waals surface area contributed by atoms with Gasteiger partial charge in [-0.2, -0.15) is 23.5 Å². The summed E-state index contributed by atoms with van der Waals surface area (Å²) in [4.78, 5) is 3.19. The van der Waals surface area contributed by atoms with Gasteiger partial charge in [0.1, 0.15) is 6.07 Å². The molecule has 1 aromatic carbocycles. The number of hydrogen-bond acceptors (Lipinski definition) is 3. The Morgan fingerprint density at radius 1 is 1.27 bits per heavy atom. The van der Waals surface area contributed by atoms with Crippen molar-refractivity contribution in [1.82, 2.24) is 15.2 Å². The Morgan fingerprint density at radius 3 is 2.54 bits per heavy atom. The number of thioether (sulfide) groups is 1. The Balaban J connectivity index is 2.38. The van der Waals surface area contributed by atoms with Crippen LogP contribution in [0, 0.1) is 11.3 Å². The summed E-state index contributed by atoms with van der Waals surface area (Å²) >= 11 is 13.8. The molecule has 0 aliphatic heterocycles. The number of aromatic amines is 2. The monoisotopic (exact) mass is 416 g/mol. The lowest BCUT2D eigenvalue weighted by atomic mass is 9.98. The fraction of sp³-hybridized carbons (Fsp3) is 0.125. The molecule has 2 N–H and O–H groups in total. The van der Waals surface area contributed by atoms with Gasteiger partial charge in [0, 0.05) is 23.0 Å². The quantitative estimate of drug-likeness (QED) is 0.515. The molecule has 0 bridgehead atoms. The molecular weight excluding hydrogens is 408 g/mol. The second kappa shape index (κ2) is 6.91. The number of hydrogen-bond donors (Lipinski definition) is 2. The van der Waals surface area contributed by atoms with Gasteiger partial charge in [-0.3, -0.25) is 5.10 Å². The van der Waals surface area contributed by atoms with Crippen molar-refractivity contribution < 1.29 is 13.2 Å². The smallest absolute Gasteiger partial charge is 0.361 e. The highest BCUT2D eigenvalue weighted by atomic mass is 35.5. The van der Waals surface area contributed by atoms with Gasteiger partial charge in [-0.1, -0.05) is 23.2 Å². The van der Waals surface area contributed by atoms with E-state index in [2.05, 4.69) is 15.2 Å². The summed E-state index contributed by atoms with van der Waals surface area (Å²) in [6.45, 7) is 0. The summed E-state index contributed by atoms with van der Waals surface area (Å²) in [7, 11) is 0. The molecule has 2 aromatic heterocycles. The Kier molecular flexibility index (Phi) is 4.97. The topological polar surface area (TPSA) is 68.3 Å². The predicted molar refractivity (Wildman–Crippen MR) is 95.3 cm³/mol. The fourth-order valence-corrected chi connectivity index (χ4v) is 3.98. The average Bonchev–Trinajstić information content (AvgIpc) is 3.22. The molecule has 0 saturated heterocycles. The zero-order valence-corrected chi connectivity index (χ0v) is 15.3. The number of nitrogens with one attached hydrogen (secondary N) is 2. The van der Waals surface area contributed by atoms with E-state index in [-0.39, 0.29) is 32.6 Å². The summed E-state index contributed by atoms with van der Waals surface area (Å²) in [5.41, 5.74) is -0.407. The lowest BCUT2D eigenvalue weighted by molar-refractivity contribution is -0.137. The minimum atomic E-state index is -4.65. The highest BCUT2D eigenvalue weighted by Gasteiger charge is 2.37. The molecule has 10 heteroatoms. The number of H-pyrrole nitrogens is 2. The molecule has 3 aromatic rings. The van der Waals surface area contributed by atoms with E-state index < -0.39 is 11.7 Å². The van der Waals surface area contributed by atoms with Crippen LogP contribution in [0.2, 0.25) is 10.0 Å². The Morgan fingerprint density at radius 2 is 2.00 bits per heavy atom. The van der Waals surface area contributed by atoms with E-state index in [1.165, 1.54) is 24.0 Å². The molecule has 0 saturated carbocycles. The number of alkyl halides is 3. The first-order chi connectivity index (χ1) is 12.3. The number of benzene rings is 1. The van der Waals surface area contributed by atoms with Gasteiger partial charge >= 0.3 is 6.18 Å². The maximum atomic E-state index is 13.5. The van der Waals surface area contributed by atoms with Gasteiger partial charge in [-0.15, -0.1) is 11.8 Å². The van der Waals surface area contributed by atoms with Crippen LogP contribution in [-0.2, 0) is 6.18 Å². The summed E-state index contributed by atoms with van der Waals surface area (Å²) in [6, 6.07) is 5.80. The lowest BCUT2D eigenvalue weighted by Crippen LogP contribution is -2.09. The van der Waals surface area contributed by atoms with Gasteiger partial charge in [0.15, 0.2) is 5.69 Å². The van der Waals surface area contributed by atoms with Crippen LogP contribution in [0.4, 0.5) is 13.2 Å². The van der Waals surface area contributed by atoms with Crippen LogP contribution in [0.3, 0.4) is 0 Å². The van der Waals surface area contributed by atoms with Crippen LogP contribution < -0.4 is 0 Å². The molecule has 0 spiro atoms. The lowest BCUT2D eigenvalue weighted by Gasteiger charge is -2.18. The van der Waals surface area contributed by atoms with Crippen LogP contribution in [0.5, 0.6) is 0 Å². The first kappa shape index (κ1) is 18.7. The summed E-state index contributed by atoms with van der Waals surface area (Å²) < 4.78 is 40.6. The molecule has 134 valence electrons. The number of aromatic nitrogens is 3. The molecule has 26 heavy (non-hydrogen) atoms. The molecule has 0 unspecified atom stereocenters. The van der Waals surface area contributed by atoms with Crippen molar-refractivity contribution in [2.45, 2.75) is 11.1 Å². The molecule has 3 rings (SSSR count). The van der Waals surface area contributed by atoms with Crippen molar-refractivity contribution >= 4 is 35.0 Å². The van der Waals surface area contributed by atoms with E-state index in [4.69, 9.17) is 28.5 Å². The Bertz CT molecular complexity index is 1000. The zero-order chi connectivity index (χ0) is 19.1. The third kappa shape index (κ3) is 3.07. The van der Waals surface area contributed by atoms with Gasteiger partial charge in [-0.25, -0.2) is 0 Å². The third-order valence-electron chi connectivity index (χ3n) is 3.67. The molecule has 4 nitrogen and oxygen atoms in total. The zero-order valence-electron chi connectivity index (χ0n) is 13.0. The summed E-state index contributed by atoms with van der Waals surface area (Å²) in [5, 5.41) is 15.3. The molecule has 2 heterocycles. The second-order valence-corrected chi connectivity index (χ2v) is 6.75. The van der Waals surface area contributed by atoms with Crippen molar-refractivity contribution in [3.63, 3.8) is 0 Å². The molecule has 0 fully saturated rings. The van der Waals surface area contributed by atoms with Crippen LogP contribution in [0.1, 0.15) is 11.3 Å². The summed E-state index contributed by atoms with van der Waals surface area (Å²) in [6.07, 6.45) is -1.44. The highest BCUT2D eigenvalue weighted by Crippen LogP contribution is 2.48. The van der Waals surface area contributed by atoms with E-state index in [1.54, 1.807) is 12.3 Å². The molecule has 0 aliphatic rings. The van der Waals surface area contributed by atoms with Crippen molar-refractivity contribution in [2.75, 3.05) is 6.26 Å². The molecule has 0 amide bonds. The van der Waals surface area contributed by atoms with Gasteiger partial charge < -0.3 is 4.98 Å². The van der Waals surface area contributed by atoms with Crippen LogP contribution in [0.15, 0.2) is 29.3 Å². The predicted octanol–water partition coefficient (Wildman–Crippen LogP) is 5.99. The van der Waals surface area contributed by atoms with Crippen molar-refractivity contribution in [3.8, 4) is 28.6 Å². The van der Waals surface area contributed by atoms with Crippen LogP contribution in [-0.4, -0.2) is 21.4 Å². The number of halogens is 5. The first-order valence-electron chi connectivity index (χ1n) is 7.05. The van der Waals surface area contributed by atoms with Crippen LogP contribution >= 0.6 is 35.0 Å². The Labute approximate surface area is 160 Å². The minimum absolute atomic E-state index is 0.112. The first-order valence-corrected chi connectivity index (χ1v) is 9.03. The maximum Gasteiger partial charge on any atom is 0.417 e. The second-order valence-electron chi connectivity index (χ2n) is 5.14. The summed E-state index contributed by atoms with van der Waals surface area (Å²) in [5.74, 6) is 0. The van der Waals surface area contributed by atoms with Crippen molar-refractivity contribution in [1.29, 1.82) is 5.26 Å². The van der Waals surface area contributed by atoms with E-state index >= 15 is 0 Å². The van der Waals surface area contributed by atoms with E-state index in [0.29, 0.717) is 10.6 Å². The number of rotatable bonds is 3.